The third kappa shape index (κ3) is 6.94. The van der Waals surface area contributed by atoms with Crippen molar-refractivity contribution in [3.05, 3.63) is 78.4 Å². The third-order valence-electron chi connectivity index (χ3n) is 8.13. The average Bonchev–Trinajstić information content (AvgIpc) is 3.52. The smallest absolute Gasteiger partial charge is 0.323 e. The number of carbonyl (C=O) groups is 1. The van der Waals surface area contributed by atoms with Gasteiger partial charge < -0.3 is 15.5 Å². The number of thioether (sulfide) groups is 1. The minimum atomic E-state index is -0.161. The predicted molar refractivity (Wildman–Crippen MR) is 174 cm³/mol. The molecule has 11 nitrogen and oxygen atoms in total. The number of hydrogen-bond donors (Lipinski definition) is 2. The molecule has 1 aliphatic heterocycles. The van der Waals surface area contributed by atoms with Gasteiger partial charge in [-0.15, -0.1) is 0 Å². The second-order valence-electron chi connectivity index (χ2n) is 11.1. The fourth-order valence-corrected chi connectivity index (χ4v) is 6.69. The van der Waals surface area contributed by atoms with E-state index in [2.05, 4.69) is 31.7 Å². The SMILES string of the molecule is Cn1cc(-c2ccc(N(C(=O)NCc3ccccc3)[C@H]3CC[C@H](Nc4ncc(C#N)c(N5CCSCC5)n4)CC3)nc2)cn1. The first-order valence-electron chi connectivity index (χ1n) is 15.0. The van der Waals surface area contributed by atoms with Crippen molar-refractivity contribution in [3.63, 3.8) is 0 Å². The number of rotatable bonds is 8. The van der Waals surface area contributed by atoms with Crippen LogP contribution in [0.1, 0.15) is 36.8 Å². The molecule has 3 aromatic heterocycles. The molecule has 6 rings (SSSR count). The standard InChI is InChI=1S/C32H36N10OS/c1-40-22-26(21-37-40)24-7-12-29(34-19-24)42(32(43)36-18-23-5-3-2-4-6-23)28-10-8-27(9-11-28)38-31-35-20-25(17-33)30(39-31)41-13-15-44-16-14-41/h2-7,12,19-22,27-28H,8-11,13-16,18H2,1H3,(H,36,43)(H,35,38,39)/t27-,28-. The van der Waals surface area contributed by atoms with Gasteiger partial charge in [-0.2, -0.15) is 27.1 Å². The summed E-state index contributed by atoms with van der Waals surface area (Å²) in [6.45, 7) is 2.19. The molecule has 4 aromatic rings. The molecular weight excluding hydrogens is 572 g/mol. The van der Waals surface area contributed by atoms with Crippen LogP contribution in [0.4, 0.5) is 22.4 Å². The first kappa shape index (κ1) is 29.4. The monoisotopic (exact) mass is 608 g/mol. The molecule has 0 atom stereocenters. The fraction of sp³-hybridized carbons (Fsp3) is 0.375. The number of nitrogens with zero attached hydrogens (tertiary/aromatic N) is 8. The largest absolute Gasteiger partial charge is 0.354 e. The highest BCUT2D eigenvalue weighted by molar-refractivity contribution is 7.99. The molecule has 2 N–H and O–H groups in total. The molecule has 2 fully saturated rings. The summed E-state index contributed by atoms with van der Waals surface area (Å²) < 4.78 is 1.76. The van der Waals surface area contributed by atoms with Gasteiger partial charge in [0.05, 0.1) is 12.4 Å². The zero-order chi connectivity index (χ0) is 30.3. The van der Waals surface area contributed by atoms with E-state index in [1.54, 1.807) is 23.3 Å². The number of carbonyl (C=O) groups excluding carboxylic acids is 1. The van der Waals surface area contributed by atoms with E-state index >= 15 is 0 Å². The van der Waals surface area contributed by atoms with Gasteiger partial charge in [0.1, 0.15) is 17.5 Å². The predicted octanol–water partition coefficient (Wildman–Crippen LogP) is 4.84. The Morgan fingerprint density at radius 1 is 1.02 bits per heavy atom. The minimum absolute atomic E-state index is 0.0103. The maximum Gasteiger partial charge on any atom is 0.323 e. The first-order valence-corrected chi connectivity index (χ1v) is 16.2. The summed E-state index contributed by atoms with van der Waals surface area (Å²) in [6, 6.07) is 16.1. The van der Waals surface area contributed by atoms with Crippen LogP contribution in [0.3, 0.4) is 0 Å². The number of pyridine rings is 1. The van der Waals surface area contributed by atoms with Crippen LogP contribution in [0.25, 0.3) is 11.1 Å². The molecule has 226 valence electrons. The molecule has 1 saturated heterocycles. The zero-order valence-electron chi connectivity index (χ0n) is 24.8. The number of nitrogens with one attached hydrogen (secondary N) is 2. The second kappa shape index (κ2) is 13.8. The molecule has 0 spiro atoms. The van der Waals surface area contributed by atoms with Crippen molar-refractivity contribution < 1.29 is 4.79 Å². The van der Waals surface area contributed by atoms with Crippen LogP contribution in [0.5, 0.6) is 0 Å². The first-order chi connectivity index (χ1) is 21.6. The average molecular weight is 609 g/mol. The Morgan fingerprint density at radius 3 is 2.50 bits per heavy atom. The van der Waals surface area contributed by atoms with Crippen molar-refractivity contribution >= 4 is 35.4 Å². The summed E-state index contributed by atoms with van der Waals surface area (Å²) >= 11 is 1.92. The number of benzene rings is 1. The molecular formula is C32H36N10OS. The summed E-state index contributed by atoms with van der Waals surface area (Å²) in [5.41, 5.74) is 3.47. The van der Waals surface area contributed by atoms with Crippen LogP contribution in [-0.4, -0.2) is 67.4 Å². The van der Waals surface area contributed by atoms with Crippen molar-refractivity contribution in [1.82, 2.24) is 30.0 Å². The van der Waals surface area contributed by atoms with Crippen LogP contribution < -0.4 is 20.4 Å². The molecule has 0 unspecified atom stereocenters. The van der Waals surface area contributed by atoms with E-state index in [1.807, 2.05) is 72.4 Å². The highest BCUT2D eigenvalue weighted by Crippen LogP contribution is 2.30. The van der Waals surface area contributed by atoms with Crippen LogP contribution >= 0.6 is 11.8 Å². The van der Waals surface area contributed by atoms with E-state index in [-0.39, 0.29) is 18.1 Å². The Bertz CT molecular complexity index is 1590. The van der Waals surface area contributed by atoms with E-state index in [9.17, 15) is 10.1 Å². The van der Waals surface area contributed by atoms with Crippen molar-refractivity contribution in [2.45, 2.75) is 44.3 Å². The number of aryl methyl sites for hydroxylation is 1. The second-order valence-corrected chi connectivity index (χ2v) is 12.3. The van der Waals surface area contributed by atoms with E-state index < -0.39 is 0 Å². The normalized spacial score (nSPS) is 18.3. The summed E-state index contributed by atoms with van der Waals surface area (Å²) in [6.07, 6.45) is 10.5. The Balaban J connectivity index is 1.15. The van der Waals surface area contributed by atoms with Crippen molar-refractivity contribution in [2.24, 2.45) is 7.05 Å². The highest BCUT2D eigenvalue weighted by atomic mass is 32.2. The Labute approximate surface area is 261 Å². The molecule has 1 aromatic carbocycles. The van der Waals surface area contributed by atoms with Crippen molar-refractivity contribution in [1.29, 1.82) is 5.26 Å². The van der Waals surface area contributed by atoms with Gasteiger partial charge >= 0.3 is 6.03 Å². The van der Waals surface area contributed by atoms with Gasteiger partial charge in [-0.3, -0.25) is 9.58 Å². The van der Waals surface area contributed by atoms with Gasteiger partial charge in [0, 0.05) is 73.8 Å². The molecule has 1 aliphatic carbocycles. The summed E-state index contributed by atoms with van der Waals surface area (Å²) in [5, 5.41) is 20.5. The van der Waals surface area contributed by atoms with Crippen LogP contribution in [0.2, 0.25) is 0 Å². The van der Waals surface area contributed by atoms with Crippen LogP contribution in [0.15, 0.2) is 67.3 Å². The van der Waals surface area contributed by atoms with Crippen LogP contribution in [0, 0.1) is 11.3 Å². The quantitative estimate of drug-likeness (QED) is 0.289. The zero-order valence-corrected chi connectivity index (χ0v) is 25.6. The van der Waals surface area contributed by atoms with E-state index in [1.165, 1.54) is 0 Å². The highest BCUT2D eigenvalue weighted by Gasteiger charge is 2.31. The van der Waals surface area contributed by atoms with Gasteiger partial charge in [0.2, 0.25) is 5.95 Å². The van der Waals surface area contributed by atoms with Gasteiger partial charge in [-0.05, 0) is 43.4 Å². The van der Waals surface area contributed by atoms with Gasteiger partial charge in [-0.1, -0.05) is 30.3 Å². The van der Waals surface area contributed by atoms with E-state index in [4.69, 9.17) is 9.97 Å². The summed E-state index contributed by atoms with van der Waals surface area (Å²) in [7, 11) is 1.88. The summed E-state index contributed by atoms with van der Waals surface area (Å²) in [4.78, 5) is 31.6. The lowest BCUT2D eigenvalue weighted by molar-refractivity contribution is 0.240. The maximum atomic E-state index is 13.7. The molecule has 44 heavy (non-hydrogen) atoms. The molecule has 2 aliphatic rings. The van der Waals surface area contributed by atoms with Crippen molar-refractivity contribution in [2.75, 3.05) is 39.7 Å². The van der Waals surface area contributed by atoms with Gasteiger partial charge in [0.15, 0.2) is 5.82 Å². The number of anilines is 3. The topological polar surface area (TPSA) is 128 Å². The van der Waals surface area contributed by atoms with Gasteiger partial charge in [-0.25, -0.2) is 14.8 Å². The minimum Gasteiger partial charge on any atom is -0.354 e. The van der Waals surface area contributed by atoms with E-state index in [0.29, 0.717) is 29.7 Å². The molecule has 0 bridgehead atoms. The molecule has 1 saturated carbocycles. The lowest BCUT2D eigenvalue weighted by Crippen LogP contribution is -2.49. The Hall–Kier alpha value is -4.63. The third-order valence-corrected chi connectivity index (χ3v) is 9.08. The Morgan fingerprint density at radius 2 is 1.82 bits per heavy atom. The molecule has 12 heteroatoms. The number of hydrogen-bond acceptors (Lipinski definition) is 9. The lowest BCUT2D eigenvalue weighted by atomic mass is 9.90. The number of aromatic nitrogens is 5. The van der Waals surface area contributed by atoms with Crippen molar-refractivity contribution in [3.8, 4) is 17.2 Å². The molecule has 4 heterocycles. The maximum absolute atomic E-state index is 13.7. The summed E-state index contributed by atoms with van der Waals surface area (Å²) in [5.74, 6) is 3.93. The Kier molecular flexibility index (Phi) is 9.22. The fourth-order valence-electron chi connectivity index (χ4n) is 5.78. The van der Waals surface area contributed by atoms with Gasteiger partial charge in [0.25, 0.3) is 0 Å². The number of amides is 2. The molecule has 2 amide bonds. The number of nitriles is 1. The number of urea groups is 1. The van der Waals surface area contributed by atoms with E-state index in [0.717, 1.165) is 67.0 Å². The van der Waals surface area contributed by atoms with Crippen LogP contribution in [-0.2, 0) is 13.6 Å². The molecule has 0 radical (unpaired) electrons. The lowest BCUT2D eigenvalue weighted by Gasteiger charge is -2.36.